The van der Waals surface area contributed by atoms with Gasteiger partial charge in [0.2, 0.25) is 0 Å². The van der Waals surface area contributed by atoms with E-state index in [4.69, 9.17) is 0 Å². The quantitative estimate of drug-likeness (QED) is 0.603. The Labute approximate surface area is 135 Å². The Balaban J connectivity index is 1.74. The Morgan fingerprint density at radius 2 is 1.95 bits per heavy atom. The van der Waals surface area contributed by atoms with Crippen LogP contribution in [0, 0.1) is 0 Å². The Kier molecular flexibility index (Phi) is 3.54. The zero-order valence-electron chi connectivity index (χ0n) is 11.6. The van der Waals surface area contributed by atoms with Crippen molar-refractivity contribution in [3.05, 3.63) is 58.2 Å². The predicted octanol–water partition coefficient (Wildman–Crippen LogP) is 4.43. The maximum absolute atomic E-state index is 4.67. The van der Waals surface area contributed by atoms with Gasteiger partial charge in [-0.1, -0.05) is 12.1 Å². The third kappa shape index (κ3) is 2.58. The van der Waals surface area contributed by atoms with E-state index in [2.05, 4.69) is 43.8 Å². The fraction of sp³-hybridized carbons (Fsp3) is 0.0625. The molecule has 0 aromatic carbocycles. The normalized spacial score (nSPS) is 10.9. The van der Waals surface area contributed by atoms with Crippen LogP contribution in [0.25, 0.3) is 21.7 Å². The van der Waals surface area contributed by atoms with E-state index in [1.54, 1.807) is 28.9 Å². The summed E-state index contributed by atoms with van der Waals surface area (Å²) in [5.41, 5.74) is 0.789. The second kappa shape index (κ2) is 5.82. The largest absolute Gasteiger partial charge is 0.365 e. The maximum Gasteiger partial charge on any atom is 0.181 e. The van der Waals surface area contributed by atoms with Crippen molar-refractivity contribution in [3.8, 4) is 11.5 Å². The number of hydrogen-bond donors (Lipinski definition) is 1. The summed E-state index contributed by atoms with van der Waals surface area (Å²) in [5.74, 6) is 1.52. The molecule has 0 radical (unpaired) electrons. The Bertz CT molecular complexity index is 885. The van der Waals surface area contributed by atoms with Gasteiger partial charge >= 0.3 is 0 Å². The fourth-order valence-electron chi connectivity index (χ4n) is 2.18. The lowest BCUT2D eigenvalue weighted by molar-refractivity contribution is 1.12. The Morgan fingerprint density at radius 3 is 2.77 bits per heavy atom. The van der Waals surface area contributed by atoms with E-state index in [1.807, 2.05) is 23.6 Å². The highest BCUT2D eigenvalue weighted by Gasteiger charge is 2.11. The van der Waals surface area contributed by atoms with Gasteiger partial charge in [-0.2, -0.15) is 0 Å². The van der Waals surface area contributed by atoms with Gasteiger partial charge < -0.3 is 5.32 Å². The second-order valence-electron chi connectivity index (χ2n) is 4.68. The minimum atomic E-state index is 0.657. The van der Waals surface area contributed by atoms with Gasteiger partial charge in [0, 0.05) is 11.1 Å². The maximum atomic E-state index is 4.67. The van der Waals surface area contributed by atoms with E-state index < -0.39 is 0 Å². The molecule has 0 unspecified atom stereocenters. The van der Waals surface area contributed by atoms with Crippen LogP contribution in [-0.2, 0) is 6.54 Å². The summed E-state index contributed by atoms with van der Waals surface area (Å²) in [6.45, 7) is 0.765. The van der Waals surface area contributed by atoms with Crippen LogP contribution in [0.2, 0.25) is 0 Å². The minimum absolute atomic E-state index is 0.657. The van der Waals surface area contributed by atoms with Crippen molar-refractivity contribution in [2.24, 2.45) is 0 Å². The summed E-state index contributed by atoms with van der Waals surface area (Å²) in [6.07, 6.45) is 1.76. The van der Waals surface area contributed by atoms with E-state index >= 15 is 0 Å². The van der Waals surface area contributed by atoms with E-state index in [9.17, 15) is 0 Å². The summed E-state index contributed by atoms with van der Waals surface area (Å²) in [4.78, 5) is 15.9. The minimum Gasteiger partial charge on any atom is -0.365 e. The Morgan fingerprint density at radius 1 is 0.955 bits per heavy atom. The van der Waals surface area contributed by atoms with Gasteiger partial charge in [0.25, 0.3) is 0 Å². The van der Waals surface area contributed by atoms with Crippen molar-refractivity contribution in [2.45, 2.75) is 6.54 Å². The third-order valence-corrected chi connectivity index (χ3v) is 4.91. The smallest absolute Gasteiger partial charge is 0.181 e. The van der Waals surface area contributed by atoms with Gasteiger partial charge in [-0.05, 0) is 35.0 Å². The van der Waals surface area contributed by atoms with Gasteiger partial charge in [0.15, 0.2) is 5.82 Å². The first-order chi connectivity index (χ1) is 10.9. The first-order valence-corrected chi connectivity index (χ1v) is 8.59. The van der Waals surface area contributed by atoms with Crippen molar-refractivity contribution in [1.82, 2.24) is 15.0 Å². The molecular formula is C16H12N4S2. The average molecular weight is 324 g/mol. The highest BCUT2D eigenvalue weighted by molar-refractivity contribution is 7.16. The second-order valence-corrected chi connectivity index (χ2v) is 6.61. The van der Waals surface area contributed by atoms with Crippen LogP contribution in [0.5, 0.6) is 0 Å². The molecule has 6 heteroatoms. The molecule has 0 atom stereocenters. The average Bonchev–Trinajstić information content (AvgIpc) is 3.24. The molecule has 4 nitrogen and oxygen atoms in total. The van der Waals surface area contributed by atoms with Crippen molar-refractivity contribution >= 4 is 38.7 Å². The molecule has 0 spiro atoms. The van der Waals surface area contributed by atoms with E-state index in [-0.39, 0.29) is 0 Å². The lowest BCUT2D eigenvalue weighted by Gasteiger charge is -2.07. The topological polar surface area (TPSA) is 50.7 Å². The molecule has 0 bridgehead atoms. The zero-order valence-corrected chi connectivity index (χ0v) is 13.2. The number of nitrogens with zero attached hydrogens (tertiary/aromatic N) is 3. The summed E-state index contributed by atoms with van der Waals surface area (Å²) in [6, 6.07) is 12.0. The van der Waals surface area contributed by atoms with Crippen LogP contribution in [-0.4, -0.2) is 15.0 Å². The summed E-state index contributed by atoms with van der Waals surface area (Å²) in [7, 11) is 0. The van der Waals surface area contributed by atoms with Gasteiger partial charge in [-0.25, -0.2) is 9.97 Å². The molecule has 0 saturated heterocycles. The van der Waals surface area contributed by atoms with Crippen molar-refractivity contribution in [3.63, 3.8) is 0 Å². The van der Waals surface area contributed by atoms with Gasteiger partial charge in [-0.3, -0.25) is 4.98 Å². The molecule has 0 saturated carbocycles. The summed E-state index contributed by atoms with van der Waals surface area (Å²) >= 11 is 3.35. The van der Waals surface area contributed by atoms with Crippen LogP contribution in [0.1, 0.15) is 4.88 Å². The fourth-order valence-corrected chi connectivity index (χ4v) is 3.59. The number of nitrogens with one attached hydrogen (secondary N) is 1. The molecule has 4 aromatic rings. The lowest BCUT2D eigenvalue weighted by Crippen LogP contribution is -2.02. The molecule has 4 rings (SSSR count). The molecule has 1 N–H and O–H groups in total. The standard InChI is InChI=1S/C16H12N4S2/c1-2-7-17-13(5-1)15-19-14(12-6-9-22-16(12)20-15)18-10-11-4-3-8-21-11/h1-9H,10H2,(H,18,19,20). The number of anilines is 1. The van der Waals surface area contributed by atoms with Gasteiger partial charge in [-0.15, -0.1) is 22.7 Å². The van der Waals surface area contributed by atoms with Crippen molar-refractivity contribution < 1.29 is 0 Å². The van der Waals surface area contributed by atoms with Crippen LogP contribution in [0.4, 0.5) is 5.82 Å². The number of hydrogen-bond acceptors (Lipinski definition) is 6. The van der Waals surface area contributed by atoms with Crippen molar-refractivity contribution in [2.75, 3.05) is 5.32 Å². The summed E-state index contributed by atoms with van der Waals surface area (Å²) in [5, 5.41) is 8.60. The third-order valence-electron chi connectivity index (χ3n) is 3.23. The molecule has 22 heavy (non-hydrogen) atoms. The van der Waals surface area contributed by atoms with Crippen LogP contribution in [0.3, 0.4) is 0 Å². The molecule has 108 valence electrons. The van der Waals surface area contributed by atoms with Crippen molar-refractivity contribution in [1.29, 1.82) is 0 Å². The monoisotopic (exact) mass is 324 g/mol. The molecule has 0 aliphatic heterocycles. The highest BCUT2D eigenvalue weighted by atomic mass is 32.1. The van der Waals surface area contributed by atoms with Crippen LogP contribution < -0.4 is 5.32 Å². The number of fused-ring (bicyclic) bond motifs is 1. The zero-order chi connectivity index (χ0) is 14.8. The number of thiophene rings is 2. The molecule has 0 aliphatic rings. The van der Waals surface area contributed by atoms with E-state index in [0.717, 1.165) is 28.3 Å². The number of rotatable bonds is 4. The van der Waals surface area contributed by atoms with E-state index in [0.29, 0.717) is 5.82 Å². The van der Waals surface area contributed by atoms with Crippen LogP contribution >= 0.6 is 22.7 Å². The molecule has 4 heterocycles. The Hall–Kier alpha value is -2.31. The SMILES string of the molecule is c1ccc(-c2nc(NCc3cccs3)c3ccsc3n2)nc1. The van der Waals surface area contributed by atoms with Gasteiger partial charge in [0.1, 0.15) is 16.3 Å². The summed E-state index contributed by atoms with van der Waals surface area (Å²) < 4.78 is 0. The number of pyridine rings is 1. The number of aromatic nitrogens is 3. The predicted molar refractivity (Wildman–Crippen MR) is 92.3 cm³/mol. The molecule has 4 aromatic heterocycles. The lowest BCUT2D eigenvalue weighted by atomic mass is 10.3. The highest BCUT2D eigenvalue weighted by Crippen LogP contribution is 2.28. The molecular weight excluding hydrogens is 312 g/mol. The molecule has 0 fully saturated rings. The first kappa shape index (κ1) is 13.4. The van der Waals surface area contributed by atoms with Crippen LogP contribution in [0.15, 0.2) is 53.4 Å². The molecule has 0 amide bonds. The first-order valence-electron chi connectivity index (χ1n) is 6.83. The molecule has 0 aliphatic carbocycles. The van der Waals surface area contributed by atoms with Gasteiger partial charge in [0.05, 0.1) is 11.9 Å². The van der Waals surface area contributed by atoms with E-state index in [1.165, 1.54) is 4.88 Å².